The van der Waals surface area contributed by atoms with E-state index in [1.807, 2.05) is 12.4 Å². The second kappa shape index (κ2) is 10.8. The first kappa shape index (κ1) is 21.0. The zero-order valence-electron chi connectivity index (χ0n) is 14.8. The molecule has 0 spiro atoms. The predicted molar refractivity (Wildman–Crippen MR) is 104 cm³/mol. The molecule has 8 heteroatoms. The van der Waals surface area contributed by atoms with Crippen LogP contribution in [0.25, 0.3) is 0 Å². The fraction of sp³-hybridized carbons (Fsp3) is 0.316. The SMILES string of the molecule is Brc1ccccc1CN1CCN(Cc2ccncc2)CC1.O=C(O)C(=O)O. The number of piperazine rings is 1. The van der Waals surface area contributed by atoms with E-state index >= 15 is 0 Å². The molecule has 0 unspecified atom stereocenters. The summed E-state index contributed by atoms with van der Waals surface area (Å²) in [5, 5.41) is 14.8. The van der Waals surface area contributed by atoms with Gasteiger partial charge in [-0.2, -0.15) is 0 Å². The van der Waals surface area contributed by atoms with E-state index < -0.39 is 11.9 Å². The van der Waals surface area contributed by atoms with Crippen LogP contribution in [0.4, 0.5) is 0 Å². The van der Waals surface area contributed by atoms with E-state index in [1.54, 1.807) is 0 Å². The molecule has 27 heavy (non-hydrogen) atoms. The van der Waals surface area contributed by atoms with Crippen LogP contribution in [-0.4, -0.2) is 63.1 Å². The highest BCUT2D eigenvalue weighted by molar-refractivity contribution is 9.10. The molecule has 0 atom stereocenters. The largest absolute Gasteiger partial charge is 0.473 e. The summed E-state index contributed by atoms with van der Waals surface area (Å²) >= 11 is 3.64. The third kappa shape index (κ3) is 7.46. The molecule has 2 N–H and O–H groups in total. The lowest BCUT2D eigenvalue weighted by Gasteiger charge is -2.34. The molecule has 1 aliphatic rings. The summed E-state index contributed by atoms with van der Waals surface area (Å²) in [4.78, 5) is 27.3. The first-order valence-electron chi connectivity index (χ1n) is 8.49. The Morgan fingerprint density at radius 3 is 1.93 bits per heavy atom. The van der Waals surface area contributed by atoms with Gasteiger partial charge in [0.15, 0.2) is 0 Å². The molecule has 0 saturated carbocycles. The van der Waals surface area contributed by atoms with Crippen molar-refractivity contribution in [1.82, 2.24) is 14.8 Å². The normalized spacial score (nSPS) is 14.9. The second-order valence-electron chi connectivity index (χ2n) is 6.11. The van der Waals surface area contributed by atoms with Crippen LogP contribution in [0.1, 0.15) is 11.1 Å². The van der Waals surface area contributed by atoms with Crippen molar-refractivity contribution in [1.29, 1.82) is 0 Å². The van der Waals surface area contributed by atoms with E-state index in [9.17, 15) is 0 Å². The lowest BCUT2D eigenvalue weighted by molar-refractivity contribution is -0.159. The van der Waals surface area contributed by atoms with Crippen LogP contribution in [0.3, 0.4) is 0 Å². The average Bonchev–Trinajstić information content (AvgIpc) is 2.66. The van der Waals surface area contributed by atoms with E-state index in [1.165, 1.54) is 15.6 Å². The highest BCUT2D eigenvalue weighted by atomic mass is 79.9. The standard InChI is InChI=1S/C17H20BrN3.C2H2O4/c18-17-4-2-1-3-16(17)14-21-11-9-20(10-12-21)13-15-5-7-19-8-6-15;3-1(4)2(5)6/h1-8H,9-14H2;(H,3,4)(H,5,6). The summed E-state index contributed by atoms with van der Waals surface area (Å²) < 4.78 is 1.21. The van der Waals surface area contributed by atoms with Gasteiger partial charge in [0, 0.05) is 56.1 Å². The Bertz CT molecular complexity index is 738. The Morgan fingerprint density at radius 1 is 0.889 bits per heavy atom. The van der Waals surface area contributed by atoms with E-state index in [0.29, 0.717) is 0 Å². The summed E-state index contributed by atoms with van der Waals surface area (Å²) in [5.41, 5.74) is 2.73. The van der Waals surface area contributed by atoms with Crippen LogP contribution in [0, 0.1) is 0 Å². The van der Waals surface area contributed by atoms with Gasteiger partial charge in [-0.15, -0.1) is 0 Å². The van der Waals surface area contributed by atoms with Gasteiger partial charge in [0.05, 0.1) is 0 Å². The lowest BCUT2D eigenvalue weighted by Crippen LogP contribution is -2.45. The summed E-state index contributed by atoms with van der Waals surface area (Å²) in [5.74, 6) is -3.65. The Hall–Kier alpha value is -2.29. The minimum Gasteiger partial charge on any atom is -0.473 e. The van der Waals surface area contributed by atoms with E-state index in [-0.39, 0.29) is 0 Å². The maximum Gasteiger partial charge on any atom is 0.414 e. The highest BCUT2D eigenvalue weighted by Crippen LogP contribution is 2.18. The van der Waals surface area contributed by atoms with Gasteiger partial charge in [-0.3, -0.25) is 14.8 Å². The number of hydrogen-bond acceptors (Lipinski definition) is 5. The molecule has 144 valence electrons. The van der Waals surface area contributed by atoms with Gasteiger partial charge in [-0.05, 0) is 29.3 Å². The molecule has 3 rings (SSSR count). The van der Waals surface area contributed by atoms with E-state index in [2.05, 4.69) is 67.1 Å². The van der Waals surface area contributed by atoms with Gasteiger partial charge in [-0.25, -0.2) is 9.59 Å². The average molecular weight is 436 g/mol. The number of carboxylic acids is 2. The lowest BCUT2D eigenvalue weighted by atomic mass is 10.2. The first-order valence-corrected chi connectivity index (χ1v) is 9.28. The Balaban J connectivity index is 0.000000380. The molecule has 1 aromatic heterocycles. The number of nitrogens with zero attached hydrogens (tertiary/aromatic N) is 3. The number of carbonyl (C=O) groups is 2. The molecule has 1 saturated heterocycles. The molecule has 0 amide bonds. The molecule has 0 aliphatic carbocycles. The van der Waals surface area contributed by atoms with Crippen LogP contribution in [-0.2, 0) is 22.7 Å². The minimum absolute atomic E-state index is 1.03. The van der Waals surface area contributed by atoms with Crippen LogP contribution in [0.15, 0.2) is 53.3 Å². The van der Waals surface area contributed by atoms with Gasteiger partial charge in [0.2, 0.25) is 0 Å². The number of pyridine rings is 1. The number of rotatable bonds is 4. The van der Waals surface area contributed by atoms with Gasteiger partial charge < -0.3 is 10.2 Å². The number of aromatic nitrogens is 1. The summed E-state index contributed by atoms with van der Waals surface area (Å²) in [6.07, 6.45) is 3.75. The van der Waals surface area contributed by atoms with Gasteiger partial charge in [0.1, 0.15) is 0 Å². The number of hydrogen-bond donors (Lipinski definition) is 2. The van der Waals surface area contributed by atoms with Crippen LogP contribution in [0.2, 0.25) is 0 Å². The van der Waals surface area contributed by atoms with Crippen LogP contribution in [0.5, 0.6) is 0 Å². The summed E-state index contributed by atoms with van der Waals surface area (Å²) in [7, 11) is 0. The molecule has 0 radical (unpaired) electrons. The number of halogens is 1. The smallest absolute Gasteiger partial charge is 0.414 e. The quantitative estimate of drug-likeness (QED) is 0.711. The molecule has 1 aromatic carbocycles. The van der Waals surface area contributed by atoms with Gasteiger partial charge in [0.25, 0.3) is 0 Å². The van der Waals surface area contributed by atoms with Crippen molar-refractivity contribution in [2.75, 3.05) is 26.2 Å². The van der Waals surface area contributed by atoms with E-state index in [0.717, 1.165) is 39.3 Å². The van der Waals surface area contributed by atoms with Crippen LogP contribution < -0.4 is 0 Å². The first-order chi connectivity index (χ1) is 13.0. The molecule has 1 aliphatic heterocycles. The van der Waals surface area contributed by atoms with Crippen molar-refractivity contribution in [2.24, 2.45) is 0 Å². The molecule has 2 heterocycles. The third-order valence-corrected chi connectivity index (χ3v) is 4.93. The molecular weight excluding hydrogens is 414 g/mol. The zero-order chi connectivity index (χ0) is 19.6. The topological polar surface area (TPSA) is 94.0 Å². The van der Waals surface area contributed by atoms with Crippen molar-refractivity contribution in [2.45, 2.75) is 13.1 Å². The fourth-order valence-electron chi connectivity index (χ4n) is 2.72. The minimum atomic E-state index is -1.82. The maximum absolute atomic E-state index is 9.10. The Morgan fingerprint density at radius 2 is 1.41 bits per heavy atom. The van der Waals surface area contributed by atoms with Crippen molar-refractivity contribution in [3.8, 4) is 0 Å². The van der Waals surface area contributed by atoms with Crippen molar-refractivity contribution in [3.63, 3.8) is 0 Å². The number of aliphatic carboxylic acids is 2. The second-order valence-corrected chi connectivity index (χ2v) is 6.96. The van der Waals surface area contributed by atoms with Gasteiger partial charge >= 0.3 is 11.9 Å². The van der Waals surface area contributed by atoms with Crippen molar-refractivity contribution >= 4 is 27.9 Å². The molecule has 7 nitrogen and oxygen atoms in total. The van der Waals surface area contributed by atoms with Crippen molar-refractivity contribution in [3.05, 3.63) is 64.4 Å². The molecule has 0 bridgehead atoms. The maximum atomic E-state index is 9.10. The highest BCUT2D eigenvalue weighted by Gasteiger charge is 2.17. The molecule has 2 aromatic rings. The van der Waals surface area contributed by atoms with Crippen LogP contribution >= 0.6 is 15.9 Å². The monoisotopic (exact) mass is 435 g/mol. The number of benzene rings is 1. The molecular formula is C19H22BrN3O4. The Labute approximate surface area is 166 Å². The fourth-order valence-corrected chi connectivity index (χ4v) is 3.13. The molecule has 1 fully saturated rings. The summed E-state index contributed by atoms with van der Waals surface area (Å²) in [6, 6.07) is 12.7. The number of carboxylic acid groups (broad SMARTS) is 2. The van der Waals surface area contributed by atoms with Crippen molar-refractivity contribution < 1.29 is 19.8 Å². The predicted octanol–water partition coefficient (Wildman–Crippen LogP) is 2.32. The third-order valence-electron chi connectivity index (χ3n) is 4.16. The zero-order valence-corrected chi connectivity index (χ0v) is 16.4. The Kier molecular flexibility index (Phi) is 8.38. The van der Waals surface area contributed by atoms with Gasteiger partial charge in [-0.1, -0.05) is 34.1 Å². The summed E-state index contributed by atoms with van der Waals surface area (Å²) in [6.45, 7) is 6.59. The van der Waals surface area contributed by atoms with E-state index in [4.69, 9.17) is 19.8 Å².